The van der Waals surface area contributed by atoms with Gasteiger partial charge in [-0.1, -0.05) is 6.08 Å². The van der Waals surface area contributed by atoms with Crippen LogP contribution in [0.2, 0.25) is 0 Å². The lowest BCUT2D eigenvalue weighted by atomic mass is 9.87. The lowest BCUT2D eigenvalue weighted by molar-refractivity contribution is -0.931. The van der Waals surface area contributed by atoms with Crippen molar-refractivity contribution >= 4 is 5.57 Å². The van der Waals surface area contributed by atoms with Crippen LogP contribution in [0.1, 0.15) is 37.1 Å². The number of quaternary nitrogens is 1. The first kappa shape index (κ1) is 18.5. The third-order valence-corrected chi connectivity index (χ3v) is 6.71. The van der Waals surface area contributed by atoms with Crippen LogP contribution in [0.3, 0.4) is 0 Å². The highest BCUT2D eigenvalue weighted by Gasteiger charge is 2.48. The fourth-order valence-corrected chi connectivity index (χ4v) is 5.08. The summed E-state index contributed by atoms with van der Waals surface area (Å²) in [6, 6.07) is 10.5. The molecule has 2 aliphatic rings. The molecule has 0 spiro atoms. The van der Waals surface area contributed by atoms with E-state index in [0.717, 1.165) is 12.1 Å². The minimum atomic E-state index is 0. The second kappa shape index (κ2) is 6.81. The number of allylic oxidation sites excluding steroid dienone is 1. The van der Waals surface area contributed by atoms with Crippen LogP contribution in [-0.2, 0) is 14.1 Å². The Morgan fingerprint density at radius 3 is 1.84 bits per heavy atom. The molecular formula is C21H30BrN3. The van der Waals surface area contributed by atoms with Crippen molar-refractivity contribution in [3.63, 3.8) is 0 Å². The minimum Gasteiger partial charge on any atom is -1.00 e. The van der Waals surface area contributed by atoms with Crippen LogP contribution in [0.25, 0.3) is 5.57 Å². The Morgan fingerprint density at radius 2 is 1.44 bits per heavy atom. The quantitative estimate of drug-likeness (QED) is 0.671. The van der Waals surface area contributed by atoms with Gasteiger partial charge in [-0.05, 0) is 30.2 Å². The molecule has 3 atom stereocenters. The second-order valence-electron chi connectivity index (χ2n) is 8.33. The SMILES string of the molecule is Cn1cccc1C(=CC1C[C@H]2CC[C@@H](C1)[N+]2(C)C)c1cccn1C.[Br-]. The summed E-state index contributed by atoms with van der Waals surface area (Å²) < 4.78 is 5.74. The first-order valence-electron chi connectivity index (χ1n) is 9.25. The summed E-state index contributed by atoms with van der Waals surface area (Å²) in [5, 5.41) is 0. The van der Waals surface area contributed by atoms with Crippen molar-refractivity contribution in [3.8, 4) is 0 Å². The number of piperidine rings is 1. The van der Waals surface area contributed by atoms with Crippen molar-refractivity contribution in [2.24, 2.45) is 20.0 Å². The van der Waals surface area contributed by atoms with Crippen molar-refractivity contribution in [1.29, 1.82) is 0 Å². The molecule has 0 aliphatic carbocycles. The van der Waals surface area contributed by atoms with Gasteiger partial charge < -0.3 is 30.6 Å². The van der Waals surface area contributed by atoms with Gasteiger partial charge in [0.15, 0.2) is 0 Å². The molecule has 0 radical (unpaired) electrons. The van der Waals surface area contributed by atoms with Crippen LogP contribution in [-0.4, -0.2) is 39.8 Å². The van der Waals surface area contributed by atoms with E-state index in [1.807, 2.05) is 0 Å². The Labute approximate surface area is 162 Å². The molecule has 2 saturated heterocycles. The number of halogens is 1. The average molecular weight is 404 g/mol. The number of aromatic nitrogens is 2. The molecule has 136 valence electrons. The second-order valence-corrected chi connectivity index (χ2v) is 8.33. The van der Waals surface area contributed by atoms with Crippen LogP contribution in [0.4, 0.5) is 0 Å². The third-order valence-electron chi connectivity index (χ3n) is 6.71. The van der Waals surface area contributed by atoms with Gasteiger partial charge in [-0.25, -0.2) is 0 Å². The van der Waals surface area contributed by atoms with E-state index in [-0.39, 0.29) is 17.0 Å². The predicted octanol–water partition coefficient (Wildman–Crippen LogP) is 0.817. The molecule has 4 heterocycles. The van der Waals surface area contributed by atoms with Crippen molar-refractivity contribution < 1.29 is 21.5 Å². The Balaban J connectivity index is 0.00000182. The third kappa shape index (κ3) is 3.15. The zero-order valence-electron chi connectivity index (χ0n) is 15.8. The molecule has 0 aromatic carbocycles. The topological polar surface area (TPSA) is 9.86 Å². The molecule has 4 rings (SSSR count). The molecule has 0 amide bonds. The molecule has 1 unspecified atom stereocenters. The van der Waals surface area contributed by atoms with Crippen molar-refractivity contribution in [2.45, 2.75) is 37.8 Å². The normalized spacial score (nSPS) is 27.0. The van der Waals surface area contributed by atoms with Crippen molar-refractivity contribution in [3.05, 3.63) is 54.1 Å². The highest BCUT2D eigenvalue weighted by atomic mass is 79.9. The van der Waals surface area contributed by atoms with Gasteiger partial charge in [-0.2, -0.15) is 0 Å². The summed E-state index contributed by atoms with van der Waals surface area (Å²) in [4.78, 5) is 0. The van der Waals surface area contributed by atoms with E-state index in [4.69, 9.17) is 0 Å². The lowest BCUT2D eigenvalue weighted by Crippen LogP contribution is -3.00. The number of aryl methyl sites for hydroxylation is 2. The van der Waals surface area contributed by atoms with Gasteiger partial charge in [-0.3, -0.25) is 0 Å². The van der Waals surface area contributed by atoms with Gasteiger partial charge in [0.25, 0.3) is 0 Å². The van der Waals surface area contributed by atoms with Crippen molar-refractivity contribution in [1.82, 2.24) is 9.13 Å². The summed E-state index contributed by atoms with van der Waals surface area (Å²) in [5.41, 5.74) is 4.04. The molecule has 3 nitrogen and oxygen atoms in total. The van der Waals surface area contributed by atoms with E-state index < -0.39 is 0 Å². The molecular weight excluding hydrogens is 374 g/mol. The molecule has 2 aromatic heterocycles. The van der Waals surface area contributed by atoms with E-state index in [9.17, 15) is 0 Å². The summed E-state index contributed by atoms with van der Waals surface area (Å²) in [6.45, 7) is 0. The van der Waals surface area contributed by atoms with Gasteiger partial charge in [-0.15, -0.1) is 0 Å². The van der Waals surface area contributed by atoms with Gasteiger partial charge >= 0.3 is 0 Å². The standard InChI is InChI=1S/C21H30N3.BrH/c1-22-11-5-7-20(22)19(21-8-6-12-23(21)2)15-16-13-17-9-10-18(14-16)24(17,3)4;/h5-8,11-12,15-18H,9-10,13-14H2,1-4H3;1H/q+1;/p-1/t16?,17-,18+;. The number of hydrogen-bond acceptors (Lipinski definition) is 0. The molecule has 25 heavy (non-hydrogen) atoms. The average Bonchev–Trinajstić information content (AvgIpc) is 3.15. The Morgan fingerprint density at radius 1 is 0.960 bits per heavy atom. The van der Waals surface area contributed by atoms with E-state index >= 15 is 0 Å². The van der Waals surface area contributed by atoms with Crippen LogP contribution in [0, 0.1) is 5.92 Å². The zero-order valence-corrected chi connectivity index (χ0v) is 17.4. The lowest BCUT2D eigenvalue weighted by Gasteiger charge is -2.44. The molecule has 4 heteroatoms. The van der Waals surface area contributed by atoms with Gasteiger partial charge in [0, 0.05) is 69.1 Å². The highest BCUT2D eigenvalue weighted by molar-refractivity contribution is 5.77. The van der Waals surface area contributed by atoms with Crippen LogP contribution >= 0.6 is 0 Å². The monoisotopic (exact) mass is 403 g/mol. The number of fused-ring (bicyclic) bond motifs is 2. The highest BCUT2D eigenvalue weighted by Crippen LogP contribution is 2.43. The summed E-state index contributed by atoms with van der Waals surface area (Å²) in [5.74, 6) is 0.702. The van der Waals surface area contributed by atoms with Crippen LogP contribution in [0.5, 0.6) is 0 Å². The Kier molecular flexibility index (Phi) is 5.04. The smallest absolute Gasteiger partial charge is 0.0896 e. The van der Waals surface area contributed by atoms with Crippen molar-refractivity contribution in [2.75, 3.05) is 14.1 Å². The number of hydrogen-bond donors (Lipinski definition) is 0. The summed E-state index contributed by atoms with van der Waals surface area (Å²) >= 11 is 0. The van der Waals surface area contributed by atoms with Crippen LogP contribution in [0.15, 0.2) is 42.7 Å². The first-order chi connectivity index (χ1) is 11.5. The molecule has 2 bridgehead atoms. The molecule has 2 aromatic rings. The maximum absolute atomic E-state index is 2.58. The maximum atomic E-state index is 2.58. The zero-order chi connectivity index (χ0) is 16.9. The fourth-order valence-electron chi connectivity index (χ4n) is 5.08. The Hall–Kier alpha value is -1.26. The van der Waals surface area contributed by atoms with Crippen LogP contribution < -0.4 is 17.0 Å². The van der Waals surface area contributed by atoms with E-state index in [1.165, 1.54) is 47.1 Å². The first-order valence-corrected chi connectivity index (χ1v) is 9.25. The predicted molar refractivity (Wildman–Crippen MR) is 99.5 cm³/mol. The number of rotatable bonds is 3. The Bertz CT molecular complexity index is 709. The molecule has 2 fully saturated rings. The molecule has 0 N–H and O–H groups in total. The molecule has 2 aliphatic heterocycles. The largest absolute Gasteiger partial charge is 1.00 e. The van der Waals surface area contributed by atoms with E-state index in [2.05, 4.69) is 80.1 Å². The molecule has 0 saturated carbocycles. The van der Waals surface area contributed by atoms with E-state index in [1.54, 1.807) is 0 Å². The van der Waals surface area contributed by atoms with Gasteiger partial charge in [0.05, 0.1) is 26.2 Å². The van der Waals surface area contributed by atoms with E-state index in [0.29, 0.717) is 5.92 Å². The summed E-state index contributed by atoms with van der Waals surface area (Å²) in [6.07, 6.45) is 12.4. The summed E-state index contributed by atoms with van der Waals surface area (Å²) in [7, 11) is 9.18. The van der Waals surface area contributed by atoms with Gasteiger partial charge in [0.2, 0.25) is 0 Å². The maximum Gasteiger partial charge on any atom is 0.0896 e. The number of nitrogens with zero attached hydrogens (tertiary/aromatic N) is 3. The van der Waals surface area contributed by atoms with Gasteiger partial charge in [0.1, 0.15) is 0 Å². The fraction of sp³-hybridized carbons (Fsp3) is 0.524. The minimum absolute atomic E-state index is 0.